The van der Waals surface area contributed by atoms with Crippen LogP contribution < -0.4 is 5.73 Å². The second-order valence-electron chi connectivity index (χ2n) is 4.34. The smallest absolute Gasteiger partial charge is 0.241 e. The standard InChI is InChI=1S/C10H19N3O2/c1-7(2)9(11)10(15)13-5-4-12(3)8(14)6-13/h7,9H,4-6,11H2,1-3H3. The molecule has 1 atom stereocenters. The summed E-state index contributed by atoms with van der Waals surface area (Å²) in [6.45, 7) is 5.15. The number of piperazine rings is 1. The average Bonchev–Trinajstić information content (AvgIpc) is 2.19. The number of carbonyl (C=O) groups is 2. The second kappa shape index (κ2) is 4.61. The molecule has 0 aliphatic carbocycles. The van der Waals surface area contributed by atoms with Crippen molar-refractivity contribution >= 4 is 11.8 Å². The molecule has 1 heterocycles. The lowest BCUT2D eigenvalue weighted by Crippen LogP contribution is -2.55. The summed E-state index contributed by atoms with van der Waals surface area (Å²) < 4.78 is 0. The zero-order valence-corrected chi connectivity index (χ0v) is 9.56. The summed E-state index contributed by atoms with van der Waals surface area (Å²) in [5, 5.41) is 0. The van der Waals surface area contributed by atoms with Crippen molar-refractivity contribution in [3.63, 3.8) is 0 Å². The third kappa shape index (κ3) is 2.68. The van der Waals surface area contributed by atoms with E-state index in [1.54, 1.807) is 16.8 Å². The van der Waals surface area contributed by atoms with Crippen LogP contribution in [0.1, 0.15) is 13.8 Å². The quantitative estimate of drug-likeness (QED) is 0.657. The summed E-state index contributed by atoms with van der Waals surface area (Å²) in [5.74, 6) is -0.0377. The molecule has 1 unspecified atom stereocenters. The van der Waals surface area contributed by atoms with Crippen LogP contribution in [-0.4, -0.2) is 54.3 Å². The van der Waals surface area contributed by atoms with E-state index in [0.717, 1.165) is 0 Å². The van der Waals surface area contributed by atoms with E-state index in [1.807, 2.05) is 13.8 Å². The van der Waals surface area contributed by atoms with Gasteiger partial charge in [0.15, 0.2) is 0 Å². The van der Waals surface area contributed by atoms with Crippen LogP contribution in [0.4, 0.5) is 0 Å². The zero-order valence-electron chi connectivity index (χ0n) is 9.56. The first-order valence-electron chi connectivity index (χ1n) is 5.21. The molecule has 1 fully saturated rings. The Morgan fingerprint density at radius 2 is 2.00 bits per heavy atom. The molecule has 5 heteroatoms. The maximum atomic E-state index is 11.8. The van der Waals surface area contributed by atoms with Gasteiger partial charge in [-0.05, 0) is 5.92 Å². The van der Waals surface area contributed by atoms with Gasteiger partial charge in [-0.1, -0.05) is 13.8 Å². The van der Waals surface area contributed by atoms with Crippen molar-refractivity contribution in [1.29, 1.82) is 0 Å². The Bertz CT molecular complexity index is 265. The number of carbonyl (C=O) groups excluding carboxylic acids is 2. The molecule has 15 heavy (non-hydrogen) atoms. The van der Waals surface area contributed by atoms with E-state index >= 15 is 0 Å². The molecule has 0 spiro atoms. The highest BCUT2D eigenvalue weighted by atomic mass is 16.2. The Balaban J connectivity index is 2.58. The molecule has 0 aromatic carbocycles. The van der Waals surface area contributed by atoms with Crippen LogP contribution in [0, 0.1) is 5.92 Å². The van der Waals surface area contributed by atoms with E-state index in [4.69, 9.17) is 5.73 Å². The van der Waals surface area contributed by atoms with Crippen molar-refractivity contribution in [2.75, 3.05) is 26.7 Å². The number of amides is 2. The van der Waals surface area contributed by atoms with Crippen LogP contribution in [0.2, 0.25) is 0 Å². The van der Waals surface area contributed by atoms with Gasteiger partial charge in [-0.25, -0.2) is 0 Å². The predicted octanol–water partition coefficient (Wildman–Crippen LogP) is -0.730. The minimum absolute atomic E-state index is 0.0226. The molecule has 1 aliphatic rings. The van der Waals surface area contributed by atoms with Crippen LogP contribution in [0.5, 0.6) is 0 Å². The average molecular weight is 213 g/mol. The largest absolute Gasteiger partial charge is 0.342 e. The Hall–Kier alpha value is -1.10. The summed E-state index contributed by atoms with van der Waals surface area (Å²) in [6, 6.07) is -0.499. The molecule has 5 nitrogen and oxygen atoms in total. The van der Waals surface area contributed by atoms with Crippen molar-refractivity contribution in [3.05, 3.63) is 0 Å². The summed E-state index contributed by atoms with van der Waals surface area (Å²) in [6.07, 6.45) is 0. The van der Waals surface area contributed by atoms with Gasteiger partial charge in [-0.2, -0.15) is 0 Å². The molecule has 1 aliphatic heterocycles. The molecule has 2 N–H and O–H groups in total. The number of hydrogen-bond donors (Lipinski definition) is 1. The Morgan fingerprint density at radius 3 is 2.47 bits per heavy atom. The molecule has 1 rings (SSSR count). The summed E-state index contributed by atoms with van der Waals surface area (Å²) >= 11 is 0. The van der Waals surface area contributed by atoms with Gasteiger partial charge in [0.25, 0.3) is 0 Å². The first-order chi connectivity index (χ1) is 6.93. The van der Waals surface area contributed by atoms with Crippen molar-refractivity contribution < 1.29 is 9.59 Å². The maximum Gasteiger partial charge on any atom is 0.241 e. The van der Waals surface area contributed by atoms with Crippen LogP contribution in [-0.2, 0) is 9.59 Å². The Kier molecular flexibility index (Phi) is 3.68. The minimum Gasteiger partial charge on any atom is -0.342 e. The summed E-state index contributed by atoms with van der Waals surface area (Å²) in [5.41, 5.74) is 5.75. The van der Waals surface area contributed by atoms with Crippen LogP contribution in [0.25, 0.3) is 0 Å². The van der Waals surface area contributed by atoms with Gasteiger partial charge in [0.1, 0.15) is 0 Å². The van der Waals surface area contributed by atoms with E-state index in [9.17, 15) is 9.59 Å². The summed E-state index contributed by atoms with van der Waals surface area (Å²) in [7, 11) is 1.74. The number of nitrogens with zero attached hydrogens (tertiary/aromatic N) is 2. The second-order valence-corrected chi connectivity index (χ2v) is 4.34. The molecule has 86 valence electrons. The van der Waals surface area contributed by atoms with Gasteiger partial charge < -0.3 is 15.5 Å². The lowest BCUT2D eigenvalue weighted by molar-refractivity contribution is -0.145. The predicted molar refractivity (Wildman–Crippen MR) is 57.0 cm³/mol. The van der Waals surface area contributed by atoms with E-state index in [-0.39, 0.29) is 24.3 Å². The molecular formula is C10H19N3O2. The van der Waals surface area contributed by atoms with Gasteiger partial charge in [-0.3, -0.25) is 9.59 Å². The zero-order chi connectivity index (χ0) is 11.6. The molecule has 0 saturated carbocycles. The van der Waals surface area contributed by atoms with E-state index in [2.05, 4.69) is 0 Å². The number of likely N-dealkylation sites (N-methyl/N-ethyl adjacent to an activating group) is 1. The van der Waals surface area contributed by atoms with Crippen molar-refractivity contribution in [2.45, 2.75) is 19.9 Å². The Labute approximate surface area is 90.2 Å². The highest BCUT2D eigenvalue weighted by molar-refractivity contribution is 5.88. The third-order valence-electron chi connectivity index (χ3n) is 2.77. The fourth-order valence-corrected chi connectivity index (χ4v) is 1.44. The third-order valence-corrected chi connectivity index (χ3v) is 2.77. The molecule has 0 aromatic heterocycles. The monoisotopic (exact) mass is 213 g/mol. The van der Waals surface area contributed by atoms with Gasteiger partial charge in [0, 0.05) is 20.1 Å². The normalized spacial score (nSPS) is 19.7. The van der Waals surface area contributed by atoms with Gasteiger partial charge >= 0.3 is 0 Å². The van der Waals surface area contributed by atoms with Gasteiger partial charge in [-0.15, -0.1) is 0 Å². The van der Waals surface area contributed by atoms with Crippen LogP contribution >= 0.6 is 0 Å². The maximum absolute atomic E-state index is 11.8. The first kappa shape index (κ1) is 12.0. The number of hydrogen-bond acceptors (Lipinski definition) is 3. The lowest BCUT2D eigenvalue weighted by Gasteiger charge is -2.34. The van der Waals surface area contributed by atoms with Crippen molar-refractivity contribution in [3.8, 4) is 0 Å². The molecule has 1 saturated heterocycles. The number of nitrogens with two attached hydrogens (primary N) is 1. The van der Waals surface area contributed by atoms with Crippen molar-refractivity contribution in [1.82, 2.24) is 9.80 Å². The summed E-state index contributed by atoms with van der Waals surface area (Å²) in [4.78, 5) is 26.4. The van der Waals surface area contributed by atoms with Gasteiger partial charge in [0.2, 0.25) is 11.8 Å². The molecule has 2 amide bonds. The minimum atomic E-state index is -0.499. The van der Waals surface area contributed by atoms with E-state index < -0.39 is 6.04 Å². The number of rotatable bonds is 2. The first-order valence-corrected chi connectivity index (χ1v) is 5.21. The molecule has 0 bridgehead atoms. The fourth-order valence-electron chi connectivity index (χ4n) is 1.44. The van der Waals surface area contributed by atoms with Gasteiger partial charge in [0.05, 0.1) is 12.6 Å². The van der Waals surface area contributed by atoms with Crippen LogP contribution in [0.15, 0.2) is 0 Å². The topological polar surface area (TPSA) is 66.6 Å². The van der Waals surface area contributed by atoms with Crippen molar-refractivity contribution in [2.24, 2.45) is 11.7 Å². The highest BCUT2D eigenvalue weighted by Crippen LogP contribution is 2.07. The van der Waals surface area contributed by atoms with Crippen LogP contribution in [0.3, 0.4) is 0 Å². The lowest BCUT2D eigenvalue weighted by atomic mass is 10.0. The highest BCUT2D eigenvalue weighted by Gasteiger charge is 2.29. The Morgan fingerprint density at radius 1 is 1.40 bits per heavy atom. The molecule has 0 radical (unpaired) electrons. The fraction of sp³-hybridized carbons (Fsp3) is 0.800. The van der Waals surface area contributed by atoms with E-state index in [1.165, 1.54) is 0 Å². The molecular weight excluding hydrogens is 194 g/mol. The van der Waals surface area contributed by atoms with E-state index in [0.29, 0.717) is 13.1 Å². The SMILES string of the molecule is CC(C)C(N)C(=O)N1CCN(C)C(=O)C1. The molecule has 0 aromatic rings.